The number of aliphatic carboxylic acids is 2. The Labute approximate surface area is 456 Å². The van der Waals surface area contributed by atoms with Crippen molar-refractivity contribution in [3.05, 3.63) is 75.9 Å². The lowest BCUT2D eigenvalue weighted by Gasteiger charge is -2.41. The third-order valence-corrected chi connectivity index (χ3v) is 14.1. The van der Waals surface area contributed by atoms with E-state index in [-0.39, 0.29) is 76.1 Å². The number of ether oxygens (including phenoxy) is 3. The SMILES string of the molecule is COc1cc2c(cc1-c1cccc(NC(=O)CC(O)CC(O)CCNC(=O)CN3CCN(CC(=O)O)CCN(CC=O)CCN(CC(=O)O)CC3)c1)-c1c(c(C(=O)N3CCOCC3(C)C)nn1-c1cc(Cl)cc(Cl)c1)CO2. The maximum atomic E-state index is 14.4. The van der Waals surface area contributed by atoms with Crippen LogP contribution in [0.5, 0.6) is 11.5 Å². The highest BCUT2D eigenvalue weighted by atomic mass is 35.5. The van der Waals surface area contributed by atoms with E-state index in [0.29, 0.717) is 133 Å². The first-order valence-corrected chi connectivity index (χ1v) is 26.2. The van der Waals surface area contributed by atoms with Crippen LogP contribution >= 0.6 is 23.2 Å². The number of nitrogens with one attached hydrogen (secondary N) is 2. The molecular weight excluding hydrogens is 1040 g/mol. The Bertz CT molecular complexity index is 2730. The zero-order chi connectivity index (χ0) is 55.4. The van der Waals surface area contributed by atoms with Crippen LogP contribution in [0.25, 0.3) is 28.1 Å². The molecule has 1 aromatic heterocycles. The molecule has 3 aliphatic rings. The largest absolute Gasteiger partial charge is 0.496 e. The Balaban J connectivity index is 0.974. The number of carbonyl (C=O) groups excluding carboxylic acids is 4. The highest BCUT2D eigenvalue weighted by molar-refractivity contribution is 6.34. The summed E-state index contributed by atoms with van der Waals surface area (Å²) < 4.78 is 19.5. The van der Waals surface area contributed by atoms with E-state index >= 15 is 0 Å². The molecule has 7 rings (SSSR count). The number of aldehydes is 1. The van der Waals surface area contributed by atoms with Gasteiger partial charge in [-0.25, -0.2) is 4.68 Å². The third-order valence-electron chi connectivity index (χ3n) is 13.7. The van der Waals surface area contributed by atoms with Crippen molar-refractivity contribution in [1.29, 1.82) is 0 Å². The van der Waals surface area contributed by atoms with Crippen LogP contribution in [0.3, 0.4) is 0 Å². The number of hydrogen-bond acceptors (Lipinski definition) is 16. The van der Waals surface area contributed by atoms with Crippen molar-refractivity contribution < 1.29 is 63.4 Å². The normalized spacial score (nSPS) is 17.6. The second-order valence-corrected chi connectivity index (χ2v) is 20.8. The fraction of sp³-hybridized carbons (Fsp3) is 0.491. The van der Waals surface area contributed by atoms with E-state index in [1.807, 2.05) is 35.8 Å². The Morgan fingerprint density at radius 1 is 0.805 bits per heavy atom. The van der Waals surface area contributed by atoms with Crippen LogP contribution in [0.4, 0.5) is 5.69 Å². The predicted molar refractivity (Wildman–Crippen MR) is 286 cm³/mol. The van der Waals surface area contributed by atoms with Crippen LogP contribution in [0, 0.1) is 0 Å². The summed E-state index contributed by atoms with van der Waals surface area (Å²) in [5.41, 5.74) is 3.60. The number of aliphatic hydroxyl groups is 2. The number of carbonyl (C=O) groups is 6. The van der Waals surface area contributed by atoms with Gasteiger partial charge in [-0.2, -0.15) is 5.10 Å². The van der Waals surface area contributed by atoms with Gasteiger partial charge in [0, 0.05) is 104 Å². The summed E-state index contributed by atoms with van der Waals surface area (Å²) >= 11 is 13.0. The van der Waals surface area contributed by atoms with Gasteiger partial charge in [-0.1, -0.05) is 35.3 Å². The molecule has 4 heterocycles. The average Bonchev–Trinajstić information content (AvgIpc) is 3.84. The van der Waals surface area contributed by atoms with Crippen LogP contribution in [0.15, 0.2) is 54.6 Å². The summed E-state index contributed by atoms with van der Waals surface area (Å²) in [4.78, 5) is 84.3. The first-order chi connectivity index (χ1) is 36.8. The molecule has 2 saturated heterocycles. The van der Waals surface area contributed by atoms with Crippen molar-refractivity contribution >= 4 is 64.8 Å². The molecule has 3 aliphatic heterocycles. The van der Waals surface area contributed by atoms with Crippen LogP contribution < -0.4 is 20.1 Å². The maximum absolute atomic E-state index is 14.4. The number of benzene rings is 3. The molecule has 3 aromatic carbocycles. The lowest BCUT2D eigenvalue weighted by atomic mass is 9.95. The van der Waals surface area contributed by atoms with Gasteiger partial charge in [0.25, 0.3) is 5.91 Å². The van der Waals surface area contributed by atoms with Crippen molar-refractivity contribution in [2.75, 3.05) is 117 Å². The second-order valence-electron chi connectivity index (χ2n) is 20.0. The molecule has 0 bridgehead atoms. The minimum atomic E-state index is -1.22. The van der Waals surface area contributed by atoms with Gasteiger partial charge >= 0.3 is 11.9 Å². The molecule has 416 valence electrons. The average molecular weight is 1110 g/mol. The number of halogens is 2. The maximum Gasteiger partial charge on any atom is 0.317 e. The van der Waals surface area contributed by atoms with E-state index in [4.69, 9.17) is 42.5 Å². The molecule has 0 spiro atoms. The molecule has 0 aliphatic carbocycles. The monoisotopic (exact) mass is 1110 g/mol. The molecule has 3 amide bonds. The van der Waals surface area contributed by atoms with Gasteiger partial charge in [-0.3, -0.25) is 43.6 Å². The number of carboxylic acid groups (broad SMARTS) is 2. The van der Waals surface area contributed by atoms with Gasteiger partial charge in [-0.15, -0.1) is 0 Å². The van der Waals surface area contributed by atoms with Gasteiger partial charge in [0.05, 0.1) is 82.1 Å². The molecule has 2 fully saturated rings. The number of amides is 3. The van der Waals surface area contributed by atoms with Crippen LogP contribution in [0.1, 0.15) is 49.2 Å². The first kappa shape index (κ1) is 58.5. The number of rotatable bonds is 20. The van der Waals surface area contributed by atoms with Crippen LogP contribution in [-0.2, 0) is 35.3 Å². The van der Waals surface area contributed by atoms with Gasteiger partial charge in [0.2, 0.25) is 11.8 Å². The van der Waals surface area contributed by atoms with E-state index < -0.39 is 35.6 Å². The van der Waals surface area contributed by atoms with E-state index in [1.54, 1.807) is 61.8 Å². The Hall–Kier alpha value is -6.21. The molecule has 24 heteroatoms. The Kier molecular flexibility index (Phi) is 20.4. The number of methoxy groups -OCH3 is 1. The molecule has 77 heavy (non-hydrogen) atoms. The summed E-state index contributed by atoms with van der Waals surface area (Å²) in [6.07, 6.45) is -1.94. The summed E-state index contributed by atoms with van der Waals surface area (Å²) in [6.45, 7) is 7.41. The molecule has 2 atom stereocenters. The molecule has 2 unspecified atom stereocenters. The van der Waals surface area contributed by atoms with Crippen molar-refractivity contribution in [1.82, 2.24) is 39.6 Å². The van der Waals surface area contributed by atoms with Crippen molar-refractivity contribution in [2.45, 2.75) is 57.5 Å². The van der Waals surface area contributed by atoms with Crippen molar-refractivity contribution in [3.63, 3.8) is 0 Å². The van der Waals surface area contributed by atoms with Gasteiger partial charge in [0.15, 0.2) is 5.69 Å². The van der Waals surface area contributed by atoms with Gasteiger partial charge in [-0.05, 0) is 68.7 Å². The molecule has 0 saturated carbocycles. The third kappa shape index (κ3) is 16.0. The lowest BCUT2D eigenvalue weighted by molar-refractivity contribution is -0.139. The summed E-state index contributed by atoms with van der Waals surface area (Å²) in [6, 6.07) is 15.7. The number of fused-ring (bicyclic) bond motifs is 3. The standard InChI is InChI=1S/C53H67Cl2N9O13/c1-53(2)33-76-20-18-63(53)52(74)50-43-32-77-45-28-44(75-3)41(27-42(45)51(43)64(58-50)38-23-35(54)22-36(55)24-38)34-5-4-6-37(21-34)57-46(68)26-40(67)25-39(66)7-8-56-47(69)29-60-13-15-61(30-48(70)71)11-9-59(17-19-65)10-12-62(16-14-60)31-49(72)73/h4-6,19,21-24,27-28,39-40,66-67H,7-18,20,25-26,29-33H2,1-3H3,(H,56,69)(H,57,68)(H,70,71)(H,72,73). The zero-order valence-electron chi connectivity index (χ0n) is 43.4. The number of aromatic nitrogens is 2. The Morgan fingerprint density at radius 2 is 1.44 bits per heavy atom. The van der Waals surface area contributed by atoms with Crippen molar-refractivity contribution in [2.24, 2.45) is 0 Å². The first-order valence-electron chi connectivity index (χ1n) is 25.4. The summed E-state index contributed by atoms with van der Waals surface area (Å²) in [5.74, 6) is -2.24. The van der Waals surface area contributed by atoms with Crippen molar-refractivity contribution in [3.8, 4) is 39.6 Å². The lowest BCUT2D eigenvalue weighted by Crippen LogP contribution is -2.55. The predicted octanol–water partition coefficient (Wildman–Crippen LogP) is 3.20. The topological polar surface area (TPSA) is 269 Å². The van der Waals surface area contributed by atoms with E-state index in [1.165, 1.54) is 7.11 Å². The molecule has 0 radical (unpaired) electrons. The number of morpholine rings is 1. The number of anilines is 1. The number of aliphatic hydroxyl groups excluding tert-OH is 2. The number of nitrogens with zero attached hydrogens (tertiary/aromatic N) is 7. The summed E-state index contributed by atoms with van der Waals surface area (Å²) in [5, 5.41) is 52.0. The quantitative estimate of drug-likeness (QED) is 0.0694. The second kappa shape index (κ2) is 26.9. The molecule has 6 N–H and O–H groups in total. The molecule has 4 aromatic rings. The smallest absolute Gasteiger partial charge is 0.317 e. The fourth-order valence-corrected chi connectivity index (χ4v) is 10.2. The van der Waals surface area contributed by atoms with Crippen LogP contribution in [0.2, 0.25) is 10.0 Å². The fourth-order valence-electron chi connectivity index (χ4n) is 9.72. The van der Waals surface area contributed by atoms with E-state index in [2.05, 4.69) is 10.6 Å². The summed E-state index contributed by atoms with van der Waals surface area (Å²) in [7, 11) is 1.53. The number of hydrogen-bond donors (Lipinski definition) is 6. The molecule has 22 nitrogen and oxygen atoms in total. The molecular formula is C53H67Cl2N9O13. The van der Waals surface area contributed by atoms with Gasteiger partial charge < -0.3 is 55.0 Å². The zero-order valence-corrected chi connectivity index (χ0v) is 44.9. The van der Waals surface area contributed by atoms with Gasteiger partial charge in [0.1, 0.15) is 24.4 Å². The Morgan fingerprint density at radius 3 is 2.05 bits per heavy atom. The number of carboxylic acids is 2. The van der Waals surface area contributed by atoms with E-state index in [0.717, 1.165) is 6.29 Å². The minimum Gasteiger partial charge on any atom is -0.496 e. The minimum absolute atomic E-state index is 0.0371. The highest BCUT2D eigenvalue weighted by Crippen LogP contribution is 2.47. The van der Waals surface area contributed by atoms with E-state index in [9.17, 15) is 49.2 Å². The highest BCUT2D eigenvalue weighted by Gasteiger charge is 2.39. The van der Waals surface area contributed by atoms with Crippen LogP contribution in [-0.4, -0.2) is 220 Å².